The molecule has 8 heteroatoms. The van der Waals surface area contributed by atoms with Crippen LogP contribution in [0.5, 0.6) is 0 Å². The molecule has 1 N–H and O–H groups in total. The second kappa shape index (κ2) is 11.0. The van der Waals surface area contributed by atoms with Crippen LogP contribution in [-0.4, -0.2) is 50.1 Å². The van der Waals surface area contributed by atoms with Crippen molar-refractivity contribution in [2.75, 3.05) is 19.6 Å². The highest BCUT2D eigenvalue weighted by molar-refractivity contribution is 14.0. The summed E-state index contributed by atoms with van der Waals surface area (Å²) < 4.78 is 3.91. The average molecular weight is 513 g/mol. The predicted molar refractivity (Wildman–Crippen MR) is 129 cm³/mol. The molecule has 2 aromatic heterocycles. The molecule has 1 fully saturated rings. The van der Waals surface area contributed by atoms with Gasteiger partial charge in [-0.3, -0.25) is 9.36 Å². The number of nitrogens with zero attached hydrogens (tertiary/aromatic N) is 6. The Bertz CT molecular complexity index is 808. The fraction of sp³-hybridized carbons (Fsp3) is 0.667. The van der Waals surface area contributed by atoms with Gasteiger partial charge >= 0.3 is 0 Å². The van der Waals surface area contributed by atoms with Gasteiger partial charge in [-0.25, -0.2) is 4.99 Å². The van der Waals surface area contributed by atoms with Gasteiger partial charge in [0.15, 0.2) is 5.96 Å². The Morgan fingerprint density at radius 1 is 1.24 bits per heavy atom. The van der Waals surface area contributed by atoms with Gasteiger partial charge in [-0.15, -0.1) is 24.0 Å². The van der Waals surface area contributed by atoms with Gasteiger partial charge < -0.3 is 10.2 Å². The third kappa shape index (κ3) is 5.73. The van der Waals surface area contributed by atoms with Crippen LogP contribution in [0.25, 0.3) is 0 Å². The van der Waals surface area contributed by atoms with E-state index in [1.165, 1.54) is 28.9 Å². The Kier molecular flexibility index (Phi) is 8.98. The topological polar surface area (TPSA) is 63.3 Å². The molecule has 0 bridgehead atoms. The molecule has 1 atom stereocenters. The first-order chi connectivity index (χ1) is 13.5. The maximum Gasteiger partial charge on any atom is 0.194 e. The Morgan fingerprint density at radius 3 is 2.66 bits per heavy atom. The fourth-order valence-electron chi connectivity index (χ4n) is 4.25. The third-order valence-corrected chi connectivity index (χ3v) is 5.62. The van der Waals surface area contributed by atoms with Crippen molar-refractivity contribution >= 4 is 29.9 Å². The van der Waals surface area contributed by atoms with E-state index < -0.39 is 0 Å². The molecule has 29 heavy (non-hydrogen) atoms. The molecule has 0 saturated carbocycles. The molecule has 1 aliphatic rings. The molecule has 0 amide bonds. The molecular weight excluding hydrogens is 477 g/mol. The average Bonchev–Trinajstić information content (AvgIpc) is 3.38. The van der Waals surface area contributed by atoms with E-state index in [0.717, 1.165) is 44.9 Å². The first-order valence-electron chi connectivity index (χ1n) is 10.6. The summed E-state index contributed by atoms with van der Waals surface area (Å²) in [5, 5.41) is 12.5. The Hall–Kier alpha value is -1.58. The number of hydrogen-bond donors (Lipinski definition) is 1. The van der Waals surface area contributed by atoms with E-state index in [-0.39, 0.29) is 24.0 Å². The minimum atomic E-state index is 0. The van der Waals surface area contributed by atoms with E-state index in [1.54, 1.807) is 0 Å². The van der Waals surface area contributed by atoms with Crippen molar-refractivity contribution in [3.63, 3.8) is 0 Å². The molecule has 0 spiro atoms. The molecule has 3 heterocycles. The summed E-state index contributed by atoms with van der Waals surface area (Å²) in [5.74, 6) is 1.69. The van der Waals surface area contributed by atoms with Crippen LogP contribution in [0.1, 0.15) is 49.7 Å². The second-order valence-electron chi connectivity index (χ2n) is 7.70. The van der Waals surface area contributed by atoms with E-state index in [2.05, 4.69) is 47.4 Å². The minimum absolute atomic E-state index is 0. The summed E-state index contributed by atoms with van der Waals surface area (Å²) in [6, 6.07) is 0. The predicted octanol–water partition coefficient (Wildman–Crippen LogP) is 2.93. The van der Waals surface area contributed by atoms with Crippen LogP contribution < -0.4 is 5.32 Å². The third-order valence-electron chi connectivity index (χ3n) is 5.62. The zero-order valence-corrected chi connectivity index (χ0v) is 20.8. The standard InChI is InChI=1S/C21H35N7.HI/c1-6-19-18(20(7-2)27(5)25-19)13-23-21(22-8-3)28-10-9-16(15-28)11-17-12-24-26(4)14-17;/h12,14,16H,6-11,13,15H2,1-5H3,(H,22,23);1H. The maximum absolute atomic E-state index is 5.00. The number of likely N-dealkylation sites (tertiary alicyclic amines) is 1. The number of nitrogens with one attached hydrogen (secondary N) is 1. The SMILES string of the molecule is CCNC(=NCc1c(CC)nn(C)c1CC)N1CCC(Cc2cnn(C)c2)C1.I. The van der Waals surface area contributed by atoms with Gasteiger partial charge in [0.2, 0.25) is 0 Å². The molecule has 3 rings (SSSR count). The number of aromatic nitrogens is 4. The first-order valence-corrected chi connectivity index (χ1v) is 10.6. The van der Waals surface area contributed by atoms with Crippen molar-refractivity contribution in [2.24, 2.45) is 25.0 Å². The molecule has 0 aromatic carbocycles. The van der Waals surface area contributed by atoms with E-state index in [0.29, 0.717) is 12.5 Å². The highest BCUT2D eigenvalue weighted by Crippen LogP contribution is 2.22. The zero-order valence-electron chi connectivity index (χ0n) is 18.5. The van der Waals surface area contributed by atoms with Crippen LogP contribution in [-0.2, 0) is 39.9 Å². The van der Waals surface area contributed by atoms with Crippen molar-refractivity contribution in [3.8, 4) is 0 Å². The minimum Gasteiger partial charge on any atom is -0.357 e. The van der Waals surface area contributed by atoms with Crippen LogP contribution in [0.15, 0.2) is 17.4 Å². The Morgan fingerprint density at radius 2 is 2.03 bits per heavy atom. The van der Waals surface area contributed by atoms with Gasteiger partial charge in [-0.05, 0) is 44.1 Å². The summed E-state index contributed by atoms with van der Waals surface area (Å²) in [6.07, 6.45) is 8.35. The van der Waals surface area contributed by atoms with Crippen LogP contribution in [0.2, 0.25) is 0 Å². The Balaban J connectivity index is 0.00000300. The van der Waals surface area contributed by atoms with Gasteiger partial charge in [0.05, 0.1) is 18.4 Å². The summed E-state index contributed by atoms with van der Waals surface area (Å²) in [4.78, 5) is 7.42. The number of aryl methyl sites for hydroxylation is 3. The van der Waals surface area contributed by atoms with Crippen LogP contribution in [0, 0.1) is 5.92 Å². The number of rotatable bonds is 7. The van der Waals surface area contributed by atoms with Crippen molar-refractivity contribution < 1.29 is 0 Å². The summed E-state index contributed by atoms with van der Waals surface area (Å²) in [5.41, 5.74) is 5.10. The largest absolute Gasteiger partial charge is 0.357 e. The normalized spacial score (nSPS) is 16.9. The summed E-state index contributed by atoms with van der Waals surface area (Å²) in [6.45, 7) is 10.2. The van der Waals surface area contributed by atoms with Crippen LogP contribution >= 0.6 is 24.0 Å². The van der Waals surface area contributed by atoms with Gasteiger partial charge in [0.25, 0.3) is 0 Å². The quantitative estimate of drug-likeness (QED) is 0.352. The number of halogens is 1. The Labute approximate surface area is 192 Å². The summed E-state index contributed by atoms with van der Waals surface area (Å²) in [7, 11) is 4.02. The lowest BCUT2D eigenvalue weighted by molar-refractivity contribution is 0.460. The van der Waals surface area contributed by atoms with E-state index in [1.807, 2.05) is 29.7 Å². The van der Waals surface area contributed by atoms with Gasteiger partial charge in [-0.1, -0.05) is 13.8 Å². The molecule has 0 aliphatic carbocycles. The van der Waals surface area contributed by atoms with E-state index in [4.69, 9.17) is 4.99 Å². The molecule has 162 valence electrons. The van der Waals surface area contributed by atoms with Crippen molar-refractivity contribution in [2.45, 2.75) is 53.0 Å². The zero-order chi connectivity index (χ0) is 20.1. The van der Waals surface area contributed by atoms with Gasteiger partial charge in [-0.2, -0.15) is 10.2 Å². The fourth-order valence-corrected chi connectivity index (χ4v) is 4.25. The maximum atomic E-state index is 5.00. The van der Waals surface area contributed by atoms with Crippen molar-refractivity contribution in [3.05, 3.63) is 34.9 Å². The first kappa shape index (κ1) is 23.7. The smallest absolute Gasteiger partial charge is 0.194 e. The van der Waals surface area contributed by atoms with Crippen molar-refractivity contribution in [1.82, 2.24) is 29.8 Å². The number of aliphatic imine (C=N–C) groups is 1. The van der Waals surface area contributed by atoms with Crippen LogP contribution in [0.4, 0.5) is 0 Å². The lowest BCUT2D eigenvalue weighted by Crippen LogP contribution is -2.40. The molecule has 1 aliphatic heterocycles. The summed E-state index contributed by atoms with van der Waals surface area (Å²) >= 11 is 0. The second-order valence-corrected chi connectivity index (χ2v) is 7.70. The molecule has 7 nitrogen and oxygen atoms in total. The lowest BCUT2D eigenvalue weighted by Gasteiger charge is -2.21. The molecular formula is C21H36IN7. The monoisotopic (exact) mass is 513 g/mol. The van der Waals surface area contributed by atoms with Gasteiger partial charge in [0, 0.05) is 51.2 Å². The van der Waals surface area contributed by atoms with Crippen molar-refractivity contribution in [1.29, 1.82) is 0 Å². The highest BCUT2D eigenvalue weighted by Gasteiger charge is 2.25. The van der Waals surface area contributed by atoms with Crippen LogP contribution in [0.3, 0.4) is 0 Å². The number of hydrogen-bond acceptors (Lipinski definition) is 3. The molecule has 2 aromatic rings. The molecule has 1 unspecified atom stereocenters. The lowest BCUT2D eigenvalue weighted by atomic mass is 10.0. The molecule has 0 radical (unpaired) electrons. The van der Waals surface area contributed by atoms with Gasteiger partial charge in [0.1, 0.15) is 0 Å². The van der Waals surface area contributed by atoms with E-state index in [9.17, 15) is 0 Å². The number of guanidine groups is 1. The molecule has 1 saturated heterocycles. The van der Waals surface area contributed by atoms with E-state index >= 15 is 0 Å². The highest BCUT2D eigenvalue weighted by atomic mass is 127.